The lowest BCUT2D eigenvalue weighted by molar-refractivity contribution is -0.122. The van der Waals surface area contributed by atoms with Crippen molar-refractivity contribution in [3.63, 3.8) is 0 Å². The highest BCUT2D eigenvalue weighted by Crippen LogP contribution is 2.33. The van der Waals surface area contributed by atoms with E-state index in [1.54, 1.807) is 62.4 Å². The Labute approximate surface area is 236 Å². The number of aryl methyl sites for hydroxylation is 1. The summed E-state index contributed by atoms with van der Waals surface area (Å²) in [7, 11) is 0. The maximum atomic E-state index is 12.9. The van der Waals surface area contributed by atoms with Crippen LogP contribution in [0.15, 0.2) is 78.9 Å². The Morgan fingerprint density at radius 3 is 2.10 bits per heavy atom. The number of hydrogen-bond donors (Lipinski definition) is 2. The number of para-hydroxylation sites is 1. The summed E-state index contributed by atoms with van der Waals surface area (Å²) in [5, 5.41) is 6.08. The molecule has 206 valence electrons. The molecule has 0 bridgehead atoms. The average molecular weight is 559 g/mol. The van der Waals surface area contributed by atoms with E-state index in [-0.39, 0.29) is 18.4 Å². The molecule has 1 aromatic heterocycles. The van der Waals surface area contributed by atoms with Crippen molar-refractivity contribution in [3.05, 3.63) is 100 Å². The van der Waals surface area contributed by atoms with E-state index in [1.165, 1.54) is 11.3 Å². The van der Waals surface area contributed by atoms with Crippen molar-refractivity contribution in [1.82, 2.24) is 0 Å². The van der Waals surface area contributed by atoms with Gasteiger partial charge in [-0.05, 0) is 93.9 Å². The maximum Gasteiger partial charge on any atom is 0.341 e. The molecule has 1 atom stereocenters. The van der Waals surface area contributed by atoms with Crippen LogP contribution >= 0.6 is 11.3 Å². The third-order valence-corrected chi connectivity index (χ3v) is 7.11. The van der Waals surface area contributed by atoms with E-state index in [1.807, 2.05) is 44.2 Å². The second-order valence-electron chi connectivity index (χ2n) is 8.88. The standard InChI is InChI=1S/C31H30N2O6S/c1-5-37-31(36)27-19(2)21(4)40-30(27)33-29(35)22-11-15-25(16-12-22)38-20(3)28(34)32-23-13-17-26(18-14-23)39-24-9-7-6-8-10-24/h6-18,20H,5H2,1-4H3,(H,32,34)(H,33,35)/t20-/m1/s1. The molecule has 3 aromatic carbocycles. The van der Waals surface area contributed by atoms with Crippen molar-refractivity contribution in [3.8, 4) is 17.2 Å². The van der Waals surface area contributed by atoms with Crippen molar-refractivity contribution in [1.29, 1.82) is 0 Å². The molecule has 9 heteroatoms. The maximum absolute atomic E-state index is 12.9. The van der Waals surface area contributed by atoms with E-state index in [2.05, 4.69) is 10.6 Å². The minimum Gasteiger partial charge on any atom is -0.481 e. The second-order valence-corrected chi connectivity index (χ2v) is 10.1. The number of nitrogens with one attached hydrogen (secondary N) is 2. The molecular weight excluding hydrogens is 528 g/mol. The van der Waals surface area contributed by atoms with Gasteiger partial charge < -0.3 is 24.8 Å². The van der Waals surface area contributed by atoms with Gasteiger partial charge in [-0.3, -0.25) is 9.59 Å². The molecule has 40 heavy (non-hydrogen) atoms. The summed E-state index contributed by atoms with van der Waals surface area (Å²) in [6, 6.07) is 22.9. The summed E-state index contributed by atoms with van der Waals surface area (Å²) in [5.41, 5.74) is 2.14. The van der Waals surface area contributed by atoms with Crippen LogP contribution in [0.5, 0.6) is 17.2 Å². The molecule has 0 saturated heterocycles. The lowest BCUT2D eigenvalue weighted by Crippen LogP contribution is -2.30. The lowest BCUT2D eigenvalue weighted by Gasteiger charge is -2.15. The van der Waals surface area contributed by atoms with Crippen LogP contribution in [0.4, 0.5) is 10.7 Å². The zero-order valence-electron chi connectivity index (χ0n) is 22.6. The predicted molar refractivity (Wildman–Crippen MR) is 156 cm³/mol. The van der Waals surface area contributed by atoms with Gasteiger partial charge in [-0.2, -0.15) is 0 Å². The number of rotatable bonds is 10. The number of ether oxygens (including phenoxy) is 3. The van der Waals surface area contributed by atoms with E-state index in [0.29, 0.717) is 33.3 Å². The molecule has 0 aliphatic heterocycles. The van der Waals surface area contributed by atoms with E-state index in [4.69, 9.17) is 14.2 Å². The number of thiophene rings is 1. The van der Waals surface area contributed by atoms with E-state index in [9.17, 15) is 14.4 Å². The zero-order chi connectivity index (χ0) is 28.6. The minimum absolute atomic E-state index is 0.245. The zero-order valence-corrected chi connectivity index (χ0v) is 23.5. The highest BCUT2D eigenvalue weighted by Gasteiger charge is 2.22. The Balaban J connectivity index is 1.32. The van der Waals surface area contributed by atoms with E-state index < -0.39 is 12.1 Å². The fourth-order valence-corrected chi connectivity index (χ4v) is 4.80. The van der Waals surface area contributed by atoms with Gasteiger partial charge in [0.1, 0.15) is 22.2 Å². The number of esters is 1. The third kappa shape index (κ3) is 7.06. The summed E-state index contributed by atoms with van der Waals surface area (Å²) < 4.78 is 16.7. The lowest BCUT2D eigenvalue weighted by atomic mass is 10.1. The highest BCUT2D eigenvalue weighted by atomic mass is 32.1. The van der Waals surface area contributed by atoms with Gasteiger partial charge >= 0.3 is 5.97 Å². The minimum atomic E-state index is -0.788. The summed E-state index contributed by atoms with van der Waals surface area (Å²) in [6.07, 6.45) is -0.788. The summed E-state index contributed by atoms with van der Waals surface area (Å²) >= 11 is 1.33. The van der Waals surface area contributed by atoms with Crippen LogP contribution in [0.2, 0.25) is 0 Å². The van der Waals surface area contributed by atoms with E-state index >= 15 is 0 Å². The molecule has 8 nitrogen and oxygen atoms in total. The van der Waals surface area contributed by atoms with Gasteiger partial charge in [0.2, 0.25) is 0 Å². The van der Waals surface area contributed by atoms with E-state index in [0.717, 1.165) is 16.2 Å². The summed E-state index contributed by atoms with van der Waals surface area (Å²) in [6.45, 7) is 7.33. The van der Waals surface area contributed by atoms with Crippen LogP contribution in [0.25, 0.3) is 0 Å². The van der Waals surface area contributed by atoms with Gasteiger partial charge in [-0.25, -0.2) is 4.79 Å². The van der Waals surface area contributed by atoms with Crippen molar-refractivity contribution in [2.24, 2.45) is 0 Å². The second kappa shape index (κ2) is 12.9. The largest absolute Gasteiger partial charge is 0.481 e. The van der Waals surface area contributed by atoms with Gasteiger partial charge in [0.15, 0.2) is 6.10 Å². The fraction of sp³-hybridized carbons (Fsp3) is 0.194. The number of hydrogen-bond acceptors (Lipinski definition) is 7. The number of amides is 2. The molecule has 2 amide bonds. The Morgan fingerprint density at radius 2 is 1.45 bits per heavy atom. The molecule has 1 heterocycles. The molecule has 0 fully saturated rings. The van der Waals surface area contributed by atoms with Crippen LogP contribution < -0.4 is 20.1 Å². The SMILES string of the molecule is CCOC(=O)c1c(NC(=O)c2ccc(O[C@H](C)C(=O)Nc3ccc(Oc4ccccc4)cc3)cc2)sc(C)c1C. The molecule has 0 aliphatic rings. The monoisotopic (exact) mass is 558 g/mol. The van der Waals surface area contributed by atoms with Crippen molar-refractivity contribution in [2.75, 3.05) is 17.2 Å². The summed E-state index contributed by atoms with van der Waals surface area (Å²) in [5.74, 6) is 0.646. The first-order valence-corrected chi connectivity index (χ1v) is 13.6. The molecule has 0 unspecified atom stereocenters. The van der Waals surface area contributed by atoms with Crippen LogP contribution in [0.3, 0.4) is 0 Å². The normalized spacial score (nSPS) is 11.3. The van der Waals surface area contributed by atoms with Gasteiger partial charge in [0, 0.05) is 16.1 Å². The molecule has 2 N–H and O–H groups in total. The topological polar surface area (TPSA) is 103 Å². The molecule has 0 aliphatic carbocycles. The first-order chi connectivity index (χ1) is 19.2. The van der Waals surface area contributed by atoms with Crippen molar-refractivity contribution < 1.29 is 28.6 Å². The number of carbonyl (C=O) groups is 3. The van der Waals surface area contributed by atoms with Gasteiger partial charge in [-0.15, -0.1) is 11.3 Å². The average Bonchev–Trinajstić information content (AvgIpc) is 3.23. The molecule has 0 spiro atoms. The first-order valence-electron chi connectivity index (χ1n) is 12.7. The van der Waals surface area contributed by atoms with Gasteiger partial charge in [0.05, 0.1) is 12.2 Å². The van der Waals surface area contributed by atoms with Crippen LogP contribution in [-0.4, -0.2) is 30.5 Å². The molecular formula is C31H30N2O6S. The van der Waals surface area contributed by atoms with Crippen molar-refractivity contribution >= 4 is 39.8 Å². The Hall–Kier alpha value is -4.63. The molecule has 4 rings (SSSR count). The number of anilines is 2. The predicted octanol–water partition coefficient (Wildman–Crippen LogP) is 6.99. The van der Waals surface area contributed by atoms with Crippen LogP contribution in [-0.2, 0) is 9.53 Å². The molecule has 4 aromatic rings. The third-order valence-electron chi connectivity index (χ3n) is 5.99. The molecule has 0 saturated carbocycles. The smallest absolute Gasteiger partial charge is 0.341 e. The Bertz CT molecular complexity index is 1480. The summed E-state index contributed by atoms with van der Waals surface area (Å²) in [4.78, 5) is 38.9. The fourth-order valence-electron chi connectivity index (χ4n) is 3.76. The number of carbonyl (C=O) groups excluding carboxylic acids is 3. The Kier molecular flexibility index (Phi) is 9.19. The quantitative estimate of drug-likeness (QED) is 0.203. The van der Waals surface area contributed by atoms with Crippen LogP contribution in [0, 0.1) is 13.8 Å². The van der Waals surface area contributed by atoms with Gasteiger partial charge in [0.25, 0.3) is 11.8 Å². The Morgan fingerprint density at radius 1 is 0.825 bits per heavy atom. The van der Waals surface area contributed by atoms with Crippen molar-refractivity contribution in [2.45, 2.75) is 33.8 Å². The van der Waals surface area contributed by atoms with Crippen LogP contribution in [0.1, 0.15) is 45.0 Å². The highest BCUT2D eigenvalue weighted by molar-refractivity contribution is 7.16. The molecule has 0 radical (unpaired) electrons. The van der Waals surface area contributed by atoms with Gasteiger partial charge in [-0.1, -0.05) is 18.2 Å². The number of benzene rings is 3. The first kappa shape index (κ1) is 28.4.